The van der Waals surface area contributed by atoms with Crippen molar-refractivity contribution in [2.75, 3.05) is 18.8 Å². The highest BCUT2D eigenvalue weighted by Crippen LogP contribution is 2.26. The van der Waals surface area contributed by atoms with Crippen molar-refractivity contribution >= 4 is 46.5 Å². The molecule has 0 spiro atoms. The molecule has 1 aromatic carbocycles. The van der Waals surface area contributed by atoms with E-state index in [4.69, 9.17) is 11.6 Å². The number of benzene rings is 1. The molecule has 0 aromatic heterocycles. The lowest BCUT2D eigenvalue weighted by molar-refractivity contribution is -0.128. The van der Waals surface area contributed by atoms with Gasteiger partial charge in [0.25, 0.3) is 5.24 Å². The van der Waals surface area contributed by atoms with Gasteiger partial charge in [0.2, 0.25) is 11.8 Å². The van der Waals surface area contributed by atoms with E-state index in [-0.39, 0.29) is 28.8 Å². The molecule has 1 aromatic rings. The van der Waals surface area contributed by atoms with Gasteiger partial charge >= 0.3 is 0 Å². The van der Waals surface area contributed by atoms with Crippen molar-refractivity contribution in [2.45, 2.75) is 12.5 Å². The predicted molar refractivity (Wildman–Crippen MR) is 90.2 cm³/mol. The summed E-state index contributed by atoms with van der Waals surface area (Å²) in [6.07, 6.45) is 3.79. The van der Waals surface area contributed by atoms with Crippen molar-refractivity contribution in [1.29, 1.82) is 0 Å². The normalized spacial score (nSPS) is 21.7. The zero-order chi connectivity index (χ0) is 16.4. The van der Waals surface area contributed by atoms with E-state index in [1.807, 2.05) is 18.2 Å². The zero-order valence-electron chi connectivity index (χ0n) is 12.3. The molecule has 120 valence electrons. The van der Waals surface area contributed by atoms with Gasteiger partial charge in [0.1, 0.15) is 0 Å². The number of hydrogen-bond acceptors (Lipinski definition) is 4. The Morgan fingerprint density at radius 1 is 1.30 bits per heavy atom. The van der Waals surface area contributed by atoms with Crippen LogP contribution in [-0.4, -0.2) is 51.7 Å². The first kappa shape index (κ1) is 16.1. The molecule has 2 saturated heterocycles. The Morgan fingerprint density at radius 2 is 2.09 bits per heavy atom. The second-order valence-corrected chi connectivity index (χ2v) is 6.73. The quantitative estimate of drug-likeness (QED) is 0.786. The molecule has 0 N–H and O–H groups in total. The zero-order valence-corrected chi connectivity index (χ0v) is 13.8. The van der Waals surface area contributed by atoms with Gasteiger partial charge in [-0.05, 0) is 24.1 Å². The van der Waals surface area contributed by atoms with Crippen molar-refractivity contribution in [1.82, 2.24) is 9.80 Å². The highest BCUT2D eigenvalue weighted by molar-refractivity contribution is 8.14. The van der Waals surface area contributed by atoms with Crippen LogP contribution in [0.5, 0.6) is 0 Å². The fourth-order valence-corrected chi connectivity index (χ4v) is 3.72. The van der Waals surface area contributed by atoms with Gasteiger partial charge in [0.15, 0.2) is 0 Å². The molecule has 0 bridgehead atoms. The fourth-order valence-electron chi connectivity index (χ4n) is 2.75. The predicted octanol–water partition coefficient (Wildman–Crippen LogP) is 2.65. The van der Waals surface area contributed by atoms with Gasteiger partial charge in [-0.2, -0.15) is 0 Å². The molecule has 2 aliphatic heterocycles. The van der Waals surface area contributed by atoms with E-state index in [2.05, 4.69) is 0 Å². The number of nitrogens with zero attached hydrogens (tertiary/aromatic N) is 2. The van der Waals surface area contributed by atoms with E-state index >= 15 is 0 Å². The summed E-state index contributed by atoms with van der Waals surface area (Å²) in [5, 5.41) is 0.377. The SMILES string of the molecule is O=C(/C=C/c1ccccc1Cl)N1CCC(N2C(=O)CSC2=O)C1. The lowest BCUT2D eigenvalue weighted by atomic mass is 10.2. The first-order valence-corrected chi connectivity index (χ1v) is 8.63. The Balaban J connectivity index is 1.63. The van der Waals surface area contributed by atoms with E-state index in [1.54, 1.807) is 17.0 Å². The van der Waals surface area contributed by atoms with Gasteiger partial charge in [-0.25, -0.2) is 0 Å². The lowest BCUT2D eigenvalue weighted by Gasteiger charge is -2.21. The van der Waals surface area contributed by atoms with E-state index < -0.39 is 0 Å². The standard InChI is InChI=1S/C16H15ClN2O3S/c17-13-4-2-1-3-11(13)5-6-14(20)18-8-7-12(9-18)19-15(21)10-23-16(19)22/h1-6,12H,7-10H2/b6-5+. The van der Waals surface area contributed by atoms with Crippen LogP contribution in [-0.2, 0) is 9.59 Å². The topological polar surface area (TPSA) is 57.7 Å². The molecule has 0 saturated carbocycles. The summed E-state index contributed by atoms with van der Waals surface area (Å²) in [5.74, 6) is -0.0968. The molecule has 3 rings (SSSR count). The van der Waals surface area contributed by atoms with Gasteiger partial charge < -0.3 is 4.90 Å². The average molecular weight is 351 g/mol. The smallest absolute Gasteiger partial charge is 0.289 e. The van der Waals surface area contributed by atoms with Crippen LogP contribution in [0.2, 0.25) is 5.02 Å². The number of thioether (sulfide) groups is 1. The third-order valence-corrected chi connectivity index (χ3v) is 5.11. The van der Waals surface area contributed by atoms with Gasteiger partial charge in [0, 0.05) is 24.2 Å². The van der Waals surface area contributed by atoms with Crippen LogP contribution in [0.15, 0.2) is 30.3 Å². The Hall–Kier alpha value is -1.79. The maximum absolute atomic E-state index is 12.3. The van der Waals surface area contributed by atoms with Gasteiger partial charge in [-0.3, -0.25) is 19.3 Å². The number of carbonyl (C=O) groups is 3. The van der Waals surface area contributed by atoms with E-state index in [0.717, 1.165) is 17.3 Å². The van der Waals surface area contributed by atoms with Crippen LogP contribution >= 0.6 is 23.4 Å². The summed E-state index contributed by atoms with van der Waals surface area (Å²) in [4.78, 5) is 38.7. The van der Waals surface area contributed by atoms with Crippen molar-refractivity contribution in [2.24, 2.45) is 0 Å². The molecule has 7 heteroatoms. The third-order valence-electron chi connectivity index (χ3n) is 3.94. The van der Waals surface area contributed by atoms with Gasteiger partial charge in [-0.1, -0.05) is 41.6 Å². The largest absolute Gasteiger partial charge is 0.337 e. The summed E-state index contributed by atoms with van der Waals surface area (Å²) in [7, 11) is 0. The molecule has 2 fully saturated rings. The summed E-state index contributed by atoms with van der Waals surface area (Å²) in [5.41, 5.74) is 0.777. The minimum absolute atomic E-state index is 0.140. The Bertz CT molecular complexity index is 676. The highest BCUT2D eigenvalue weighted by Gasteiger charge is 2.39. The highest BCUT2D eigenvalue weighted by atomic mass is 35.5. The molecule has 1 unspecified atom stereocenters. The number of imide groups is 1. The first-order valence-electron chi connectivity index (χ1n) is 7.26. The maximum atomic E-state index is 12.3. The average Bonchev–Trinajstić information content (AvgIpc) is 3.13. The van der Waals surface area contributed by atoms with Crippen LogP contribution in [0.1, 0.15) is 12.0 Å². The summed E-state index contributed by atoms with van der Waals surface area (Å²) < 4.78 is 0. The van der Waals surface area contributed by atoms with Gasteiger partial charge in [-0.15, -0.1) is 0 Å². The number of halogens is 1. The summed E-state index contributed by atoms with van der Waals surface area (Å²) in [6, 6.07) is 7.07. The number of rotatable bonds is 3. The monoisotopic (exact) mass is 350 g/mol. The number of amides is 3. The molecule has 2 heterocycles. The Kier molecular flexibility index (Phi) is 4.73. The van der Waals surface area contributed by atoms with Crippen molar-refractivity contribution in [3.63, 3.8) is 0 Å². The molecule has 3 amide bonds. The minimum atomic E-state index is -0.207. The molecular formula is C16H15ClN2O3S. The number of hydrogen-bond donors (Lipinski definition) is 0. The van der Waals surface area contributed by atoms with Crippen molar-refractivity contribution in [3.05, 3.63) is 40.9 Å². The molecule has 1 atom stereocenters. The van der Waals surface area contributed by atoms with Crippen LogP contribution in [0.25, 0.3) is 6.08 Å². The van der Waals surface area contributed by atoms with Crippen LogP contribution in [0.4, 0.5) is 4.79 Å². The molecule has 23 heavy (non-hydrogen) atoms. The lowest BCUT2D eigenvalue weighted by Crippen LogP contribution is -2.41. The van der Waals surface area contributed by atoms with Crippen LogP contribution in [0, 0.1) is 0 Å². The van der Waals surface area contributed by atoms with E-state index in [0.29, 0.717) is 24.5 Å². The van der Waals surface area contributed by atoms with Crippen LogP contribution in [0.3, 0.4) is 0 Å². The molecule has 0 radical (unpaired) electrons. The maximum Gasteiger partial charge on any atom is 0.289 e. The number of likely N-dealkylation sites (tertiary alicyclic amines) is 1. The Morgan fingerprint density at radius 3 is 2.78 bits per heavy atom. The molecular weight excluding hydrogens is 336 g/mol. The van der Waals surface area contributed by atoms with Crippen LogP contribution < -0.4 is 0 Å². The fraction of sp³-hybridized carbons (Fsp3) is 0.312. The third kappa shape index (κ3) is 3.43. The van der Waals surface area contributed by atoms with Crippen molar-refractivity contribution < 1.29 is 14.4 Å². The second-order valence-electron chi connectivity index (χ2n) is 5.40. The Labute approximate surface area is 143 Å². The minimum Gasteiger partial charge on any atom is -0.337 e. The molecule has 0 aliphatic carbocycles. The van der Waals surface area contributed by atoms with E-state index in [9.17, 15) is 14.4 Å². The summed E-state index contributed by atoms with van der Waals surface area (Å²) >= 11 is 7.07. The van der Waals surface area contributed by atoms with E-state index in [1.165, 1.54) is 11.0 Å². The second kappa shape index (κ2) is 6.76. The van der Waals surface area contributed by atoms with Crippen molar-refractivity contribution in [3.8, 4) is 0 Å². The molecule has 5 nitrogen and oxygen atoms in total. The van der Waals surface area contributed by atoms with Gasteiger partial charge in [0.05, 0.1) is 11.8 Å². The summed E-state index contributed by atoms with van der Waals surface area (Å²) in [6.45, 7) is 0.932. The first-order chi connectivity index (χ1) is 11.1. The number of carbonyl (C=O) groups excluding carboxylic acids is 3. The molecule has 2 aliphatic rings.